The smallest absolute Gasteiger partial charge is 0.207 e. The number of rotatable bonds is 8. The van der Waals surface area contributed by atoms with Gasteiger partial charge in [-0.3, -0.25) is 0 Å². The van der Waals surface area contributed by atoms with Crippen molar-refractivity contribution in [3.63, 3.8) is 0 Å². The van der Waals surface area contributed by atoms with E-state index in [0.717, 1.165) is 111 Å². The summed E-state index contributed by atoms with van der Waals surface area (Å²) >= 11 is 1.86. The van der Waals surface area contributed by atoms with Crippen LogP contribution in [-0.4, -0.2) is 60.4 Å². The maximum absolute atomic E-state index is 12.8. The van der Waals surface area contributed by atoms with Crippen LogP contribution in [0.25, 0.3) is 87.2 Å². The van der Waals surface area contributed by atoms with Crippen LogP contribution < -0.4 is 19.6 Å². The summed E-state index contributed by atoms with van der Waals surface area (Å²) in [6.07, 6.45) is 0. The number of fused-ring (bicyclic) bond motifs is 12. The number of thiophene rings is 1. The van der Waals surface area contributed by atoms with Gasteiger partial charge in [0.25, 0.3) is 0 Å². The van der Waals surface area contributed by atoms with Gasteiger partial charge in [0, 0.05) is 174 Å². The fourth-order valence-corrected chi connectivity index (χ4v) is 19.6. The van der Waals surface area contributed by atoms with E-state index in [1.165, 1.54) is 54.1 Å². The van der Waals surface area contributed by atoms with Crippen LogP contribution in [0.4, 0.5) is 22.7 Å². The molecule has 12 nitrogen and oxygen atoms in total. The number of hydrogen-bond acceptors (Lipinski definition) is 13. The molecule has 6 aliphatic rings. The van der Waals surface area contributed by atoms with Gasteiger partial charge in [0.1, 0.15) is 11.2 Å². The second-order valence-corrected chi connectivity index (χ2v) is 31.3. The van der Waals surface area contributed by atoms with Crippen molar-refractivity contribution in [1.82, 2.24) is 19.6 Å². The first-order valence-electron chi connectivity index (χ1n) is 35.2. The number of hydrogen-bond donors (Lipinski definition) is 0. The summed E-state index contributed by atoms with van der Waals surface area (Å²) in [6.45, 7) is 16.8. The van der Waals surface area contributed by atoms with Crippen molar-refractivity contribution in [2.45, 2.75) is 47.3 Å². The average Bonchev–Trinajstić information content (AvgIpc) is 1.74. The Morgan fingerprint density at radius 3 is 1.23 bits per heavy atom. The van der Waals surface area contributed by atoms with Crippen LogP contribution in [0.15, 0.2) is 314 Å². The molecule has 0 fully saturated rings. The molecule has 14 aromatic rings. The van der Waals surface area contributed by atoms with E-state index in [-0.39, 0.29) is 80.4 Å². The molecule has 0 saturated heterocycles. The summed E-state index contributed by atoms with van der Waals surface area (Å²) < 4.78 is 47.1. The Balaban J connectivity index is 0.000000128. The minimum atomic E-state index is -3.44. The van der Waals surface area contributed by atoms with E-state index in [1.807, 2.05) is 159 Å². The van der Waals surface area contributed by atoms with Gasteiger partial charge >= 0.3 is 0 Å². The zero-order valence-corrected chi connectivity index (χ0v) is 73.5. The molecule has 2 aromatic heterocycles. The van der Waals surface area contributed by atoms with E-state index in [0.29, 0.717) is 9.79 Å². The predicted octanol–water partition coefficient (Wildman–Crippen LogP) is 21.2. The van der Waals surface area contributed by atoms with Crippen molar-refractivity contribution in [2.75, 3.05) is 47.8 Å². The SMILES string of the molecule is CC1=C(c2ccc3c(c2)-c2ccccc2S3(=O)=O)N(C)[CH-]N1c1[c-]cccc1.CC1=C(c2ccc3c(c2)-c2ccccc2S3=O)N(C)[CH-]N1c1[c-]cccc1.CC1=C(c2ccc3oc4ccccc4c3c2)N(C)[CH-]N1c1[c-]cccc1.CC1=C(c2ccc3sc4ccccc4c3c2)N(C)[CH-]N1c1[c-]cccc1.[Ir].[Ir].[Ir].[Ir]. The van der Waals surface area contributed by atoms with Gasteiger partial charge in [0.15, 0.2) is 0 Å². The van der Waals surface area contributed by atoms with Crippen molar-refractivity contribution in [2.24, 2.45) is 0 Å². The molecule has 0 saturated carbocycles. The summed E-state index contributed by atoms with van der Waals surface area (Å²) in [4.78, 5) is 19.8. The molecule has 20 rings (SSSR count). The van der Waals surface area contributed by atoms with Gasteiger partial charge in [-0.05, 0) is 163 Å². The maximum atomic E-state index is 12.8. The van der Waals surface area contributed by atoms with Gasteiger partial charge in [-0.15, -0.1) is 34.1 Å². The van der Waals surface area contributed by atoms with Gasteiger partial charge in [-0.2, -0.15) is 148 Å². The van der Waals surface area contributed by atoms with Gasteiger partial charge in [-0.1, -0.05) is 91.0 Å². The first-order chi connectivity index (χ1) is 52.1. The molecule has 566 valence electrons. The fourth-order valence-electron chi connectivity index (χ4n) is 15.4. The predicted molar refractivity (Wildman–Crippen MR) is 437 cm³/mol. The van der Waals surface area contributed by atoms with Gasteiger partial charge in [0.2, 0.25) is 9.84 Å². The minimum absolute atomic E-state index is 0. The Morgan fingerprint density at radius 2 is 0.712 bits per heavy atom. The van der Waals surface area contributed by atoms with Crippen LogP contribution in [0.1, 0.15) is 49.9 Å². The first-order valence-corrected chi connectivity index (χ1v) is 38.7. The van der Waals surface area contributed by atoms with Crippen molar-refractivity contribution in [3.05, 3.63) is 363 Å². The van der Waals surface area contributed by atoms with Crippen LogP contribution >= 0.6 is 11.3 Å². The zero-order chi connectivity index (χ0) is 73.4. The monoisotopic (exact) mass is 2220 g/mol. The zero-order valence-electron chi connectivity index (χ0n) is 61.5. The van der Waals surface area contributed by atoms with E-state index >= 15 is 0 Å². The molecule has 111 heavy (non-hydrogen) atoms. The molecule has 4 radical (unpaired) electrons. The second kappa shape index (κ2) is 33.2. The third kappa shape index (κ3) is 14.7. The molecule has 0 N–H and O–H groups in total. The summed E-state index contributed by atoms with van der Waals surface area (Å²) in [7, 11) is 3.72. The number of benzene rings is 12. The quantitative estimate of drug-likeness (QED) is 0.136. The summed E-state index contributed by atoms with van der Waals surface area (Å²) in [6, 6.07) is 102. The summed E-state index contributed by atoms with van der Waals surface area (Å²) in [5.41, 5.74) is 23.4. The molecule has 19 heteroatoms. The normalized spacial score (nSPS) is 15.7. The van der Waals surface area contributed by atoms with Gasteiger partial charge < -0.3 is 43.6 Å². The third-order valence-electron chi connectivity index (χ3n) is 20.3. The Morgan fingerprint density at radius 1 is 0.342 bits per heavy atom. The Bertz CT molecular complexity index is 5950. The molecule has 1 unspecified atom stereocenters. The average molecular weight is 2220 g/mol. The molecule has 8 heterocycles. The minimum Gasteiger partial charge on any atom is -0.504 e. The number of nitrogens with zero attached hydrogens (tertiary/aromatic N) is 8. The molecule has 0 spiro atoms. The number of para-hydroxylation sites is 5. The van der Waals surface area contributed by atoms with Crippen LogP contribution in [-0.2, 0) is 101 Å². The number of furan rings is 1. The number of allylic oxidation sites excluding steroid dienone is 4. The molecular formula is C92H72Ir4N8O4S3-8. The Kier molecular flexibility index (Phi) is 23.9. The molecular weight excluding hydrogens is 2150 g/mol. The first kappa shape index (κ1) is 79.8. The Labute approximate surface area is 710 Å². The third-order valence-corrected chi connectivity index (χ3v) is 24.9. The van der Waals surface area contributed by atoms with Crippen LogP contribution in [0.5, 0.6) is 0 Å². The van der Waals surface area contributed by atoms with Gasteiger partial charge in [0.05, 0.1) is 30.4 Å². The van der Waals surface area contributed by atoms with E-state index in [4.69, 9.17) is 4.42 Å². The van der Waals surface area contributed by atoms with E-state index in [9.17, 15) is 12.6 Å². The molecule has 0 amide bonds. The van der Waals surface area contributed by atoms with Gasteiger partial charge in [-0.25, -0.2) is 12.6 Å². The molecule has 12 aromatic carbocycles. The molecule has 0 bridgehead atoms. The standard InChI is InChI=1S/C23H18N2O2S.C23H18N2OS.C23H18N2O.C23H18N2S.4Ir/c1-16-23(24(2)15-25(16)18-8-4-3-5-9-18)17-12-13-22-20(14-17)19-10-6-7-11-21(19)28(22,26)27;1-16-23(24(2)15-25(16)18-8-4-3-5-9-18)17-12-13-22-20(14-17)19-10-6-7-11-21(19)27(22)26;2*1-16-23(24(2)15-25(16)18-8-4-3-5-9-18)17-12-13-22-20(14-17)19-10-6-7-11-21(19)26-22;;;;/h3-8,10-15H,1-2H3;3-8,10-15H,1-2H3;2*3-8,10-15H,1-2H3;;;;/q4*-2;;;;. The largest absolute Gasteiger partial charge is 0.504 e. The van der Waals surface area contributed by atoms with Crippen molar-refractivity contribution >= 4 is 120 Å². The van der Waals surface area contributed by atoms with Crippen LogP contribution in [0, 0.1) is 50.9 Å². The van der Waals surface area contributed by atoms with Crippen molar-refractivity contribution in [3.8, 4) is 22.3 Å². The maximum Gasteiger partial charge on any atom is 0.207 e. The summed E-state index contributed by atoms with van der Waals surface area (Å²) in [5.74, 6) is 0. The fraction of sp³-hybridized carbons (Fsp3) is 0.0870. The van der Waals surface area contributed by atoms with E-state index in [2.05, 4.69) is 248 Å². The van der Waals surface area contributed by atoms with Crippen molar-refractivity contribution < 1.29 is 97.5 Å². The van der Waals surface area contributed by atoms with E-state index < -0.39 is 20.6 Å². The van der Waals surface area contributed by atoms with Crippen molar-refractivity contribution in [1.29, 1.82) is 0 Å². The second-order valence-electron chi connectivity index (χ2n) is 26.9. The number of anilines is 4. The van der Waals surface area contributed by atoms with Crippen LogP contribution in [0.2, 0.25) is 0 Å². The topological polar surface area (TPSA) is 90.3 Å². The Hall–Kier alpha value is -9.28. The van der Waals surface area contributed by atoms with Crippen LogP contribution in [0.3, 0.4) is 0 Å². The number of sulfone groups is 1. The van der Waals surface area contributed by atoms with E-state index in [1.54, 1.807) is 18.2 Å². The molecule has 1 atom stereocenters. The molecule has 6 aliphatic heterocycles. The summed E-state index contributed by atoms with van der Waals surface area (Å²) in [5, 5.41) is 4.98. The molecule has 0 aliphatic carbocycles.